The number of aromatic nitrogens is 2. The lowest BCUT2D eigenvalue weighted by atomic mass is 10.2. The van der Waals surface area contributed by atoms with E-state index in [2.05, 4.69) is 20.6 Å². The number of para-hydroxylation sites is 1. The fourth-order valence-corrected chi connectivity index (χ4v) is 3.06. The summed E-state index contributed by atoms with van der Waals surface area (Å²) in [5, 5.41) is 7.30. The van der Waals surface area contributed by atoms with Crippen molar-refractivity contribution in [1.29, 1.82) is 0 Å². The number of nitrogens with zero attached hydrogens (tertiary/aromatic N) is 3. The van der Waals surface area contributed by atoms with E-state index in [0.717, 1.165) is 23.3 Å². The Morgan fingerprint density at radius 2 is 2.22 bits per heavy atom. The molecule has 1 aromatic heterocycles. The van der Waals surface area contributed by atoms with Gasteiger partial charge in [0.2, 0.25) is 5.91 Å². The van der Waals surface area contributed by atoms with Crippen LogP contribution in [-0.2, 0) is 4.79 Å². The minimum absolute atomic E-state index is 0.136. The zero-order valence-electron chi connectivity index (χ0n) is 12.7. The van der Waals surface area contributed by atoms with Crippen LogP contribution in [0.2, 0.25) is 0 Å². The lowest BCUT2D eigenvalue weighted by Crippen LogP contribution is -2.35. The van der Waals surface area contributed by atoms with E-state index in [4.69, 9.17) is 0 Å². The first-order valence-electron chi connectivity index (χ1n) is 7.40. The summed E-state index contributed by atoms with van der Waals surface area (Å²) in [6, 6.07) is 7.40. The van der Waals surface area contributed by atoms with Gasteiger partial charge in [-0.05, 0) is 19.1 Å². The summed E-state index contributed by atoms with van der Waals surface area (Å²) >= 11 is 1.24. The van der Waals surface area contributed by atoms with Crippen molar-refractivity contribution in [2.24, 2.45) is 0 Å². The largest absolute Gasteiger partial charge is 0.370 e. The lowest BCUT2D eigenvalue weighted by molar-refractivity contribution is -0.124. The molecule has 0 saturated carbocycles. The number of thioether (sulfide) groups is 1. The second kappa shape index (κ2) is 6.82. The van der Waals surface area contributed by atoms with Gasteiger partial charge >= 0.3 is 6.03 Å². The Balaban J connectivity index is 1.77. The molecule has 1 aliphatic rings. The predicted molar refractivity (Wildman–Crippen MR) is 89.5 cm³/mol. The first kappa shape index (κ1) is 15.5. The monoisotopic (exact) mass is 331 g/mol. The van der Waals surface area contributed by atoms with Crippen molar-refractivity contribution < 1.29 is 9.59 Å². The van der Waals surface area contributed by atoms with Crippen LogP contribution in [0.3, 0.4) is 0 Å². The van der Waals surface area contributed by atoms with Crippen molar-refractivity contribution in [1.82, 2.24) is 20.2 Å². The molecule has 2 heterocycles. The highest BCUT2D eigenvalue weighted by molar-refractivity contribution is 7.99. The molecule has 2 N–H and O–H groups in total. The normalized spacial score (nSPS) is 14.1. The van der Waals surface area contributed by atoms with Crippen molar-refractivity contribution >= 4 is 40.4 Å². The predicted octanol–water partition coefficient (Wildman–Crippen LogP) is 1.71. The number of benzene rings is 1. The van der Waals surface area contributed by atoms with Crippen LogP contribution < -0.4 is 10.6 Å². The van der Waals surface area contributed by atoms with Crippen molar-refractivity contribution in [2.45, 2.75) is 12.1 Å². The number of anilines is 1. The van der Waals surface area contributed by atoms with Crippen LogP contribution in [-0.4, -0.2) is 52.2 Å². The highest BCUT2D eigenvalue weighted by atomic mass is 32.2. The van der Waals surface area contributed by atoms with Crippen LogP contribution in [0.4, 0.5) is 10.6 Å². The summed E-state index contributed by atoms with van der Waals surface area (Å²) in [5.74, 6) is 0.663. The number of urea groups is 1. The van der Waals surface area contributed by atoms with Gasteiger partial charge < -0.3 is 10.6 Å². The van der Waals surface area contributed by atoms with E-state index in [1.54, 1.807) is 0 Å². The number of hydrogen-bond acceptors (Lipinski definition) is 6. The van der Waals surface area contributed by atoms with Crippen LogP contribution in [0, 0.1) is 0 Å². The number of amides is 3. The van der Waals surface area contributed by atoms with Crippen molar-refractivity contribution in [3.8, 4) is 0 Å². The van der Waals surface area contributed by atoms with Gasteiger partial charge in [0, 0.05) is 25.0 Å². The summed E-state index contributed by atoms with van der Waals surface area (Å²) in [7, 11) is 0. The summed E-state index contributed by atoms with van der Waals surface area (Å²) in [6.07, 6.45) is 0. The van der Waals surface area contributed by atoms with Gasteiger partial charge in [-0.25, -0.2) is 14.8 Å². The zero-order chi connectivity index (χ0) is 16.2. The molecule has 0 bridgehead atoms. The van der Waals surface area contributed by atoms with E-state index in [1.165, 1.54) is 16.7 Å². The average molecular weight is 331 g/mol. The minimum atomic E-state index is -0.330. The number of hydrogen-bond donors (Lipinski definition) is 2. The van der Waals surface area contributed by atoms with E-state index >= 15 is 0 Å². The van der Waals surface area contributed by atoms with Crippen LogP contribution >= 0.6 is 11.8 Å². The number of imide groups is 1. The van der Waals surface area contributed by atoms with Gasteiger partial charge in [-0.1, -0.05) is 23.9 Å². The zero-order valence-corrected chi connectivity index (χ0v) is 13.5. The third-order valence-corrected chi connectivity index (χ3v) is 4.24. The molecule has 0 spiro atoms. The van der Waals surface area contributed by atoms with Crippen LogP contribution in [0.25, 0.3) is 10.9 Å². The van der Waals surface area contributed by atoms with E-state index in [-0.39, 0.29) is 17.7 Å². The number of carbonyl (C=O) groups is 2. The number of carbonyl (C=O) groups excluding carboxylic acids is 2. The third kappa shape index (κ3) is 3.37. The summed E-state index contributed by atoms with van der Waals surface area (Å²) in [5.41, 5.74) is 0.826. The molecular weight excluding hydrogens is 314 g/mol. The van der Waals surface area contributed by atoms with Crippen molar-refractivity contribution in [3.05, 3.63) is 24.3 Å². The molecule has 3 amide bonds. The molecule has 120 valence electrons. The molecule has 1 aliphatic heterocycles. The first-order valence-corrected chi connectivity index (χ1v) is 8.39. The molecule has 23 heavy (non-hydrogen) atoms. The summed E-state index contributed by atoms with van der Waals surface area (Å²) in [4.78, 5) is 33.7. The van der Waals surface area contributed by atoms with Gasteiger partial charge in [-0.15, -0.1) is 0 Å². The molecule has 0 radical (unpaired) electrons. The fraction of sp³-hybridized carbons (Fsp3) is 0.333. The summed E-state index contributed by atoms with van der Waals surface area (Å²) in [6.45, 7) is 3.67. The minimum Gasteiger partial charge on any atom is -0.370 e. The van der Waals surface area contributed by atoms with Crippen molar-refractivity contribution in [2.75, 3.05) is 30.7 Å². The second-order valence-corrected chi connectivity index (χ2v) is 5.91. The molecule has 8 heteroatoms. The smallest absolute Gasteiger partial charge is 0.324 e. The van der Waals surface area contributed by atoms with Gasteiger partial charge in [-0.2, -0.15) is 0 Å². The number of fused-ring (bicyclic) bond motifs is 1. The molecule has 1 saturated heterocycles. The third-order valence-electron chi connectivity index (χ3n) is 3.41. The Morgan fingerprint density at radius 3 is 2.96 bits per heavy atom. The van der Waals surface area contributed by atoms with Crippen LogP contribution in [0.15, 0.2) is 29.4 Å². The molecule has 1 aromatic carbocycles. The van der Waals surface area contributed by atoms with Gasteiger partial charge in [0.05, 0.1) is 11.3 Å². The van der Waals surface area contributed by atoms with Crippen molar-refractivity contribution in [3.63, 3.8) is 0 Å². The number of rotatable bonds is 5. The maximum Gasteiger partial charge on any atom is 0.324 e. The fourth-order valence-electron chi connectivity index (χ4n) is 2.34. The maximum absolute atomic E-state index is 12.1. The average Bonchev–Trinajstić information content (AvgIpc) is 2.99. The molecule has 0 unspecified atom stereocenters. The van der Waals surface area contributed by atoms with Gasteiger partial charge in [0.1, 0.15) is 5.82 Å². The topological polar surface area (TPSA) is 87.2 Å². The first-order chi connectivity index (χ1) is 11.2. The quantitative estimate of drug-likeness (QED) is 0.640. The standard InChI is InChI=1S/C15H17N5O2S/c1-2-16-13-10-5-3-4-6-11(10)18-14(19-13)23-9-12(21)20-8-7-17-15(20)22/h3-6H,2,7-9H2,1H3,(H,17,22)(H,16,18,19). The number of nitrogens with one attached hydrogen (secondary N) is 2. The van der Waals surface area contributed by atoms with E-state index < -0.39 is 0 Å². The lowest BCUT2D eigenvalue weighted by Gasteiger charge is -2.12. The van der Waals surface area contributed by atoms with E-state index in [9.17, 15) is 9.59 Å². The second-order valence-electron chi connectivity index (χ2n) is 4.97. The Hall–Kier alpha value is -2.35. The molecule has 1 fully saturated rings. The van der Waals surface area contributed by atoms with Crippen LogP contribution in [0.1, 0.15) is 6.92 Å². The molecule has 2 aromatic rings. The Labute approximate surface area is 137 Å². The van der Waals surface area contributed by atoms with Gasteiger partial charge in [0.25, 0.3) is 0 Å². The van der Waals surface area contributed by atoms with E-state index in [1.807, 2.05) is 31.2 Å². The van der Waals surface area contributed by atoms with Crippen LogP contribution in [0.5, 0.6) is 0 Å². The van der Waals surface area contributed by atoms with Gasteiger partial charge in [0.15, 0.2) is 5.16 Å². The SMILES string of the molecule is CCNc1nc(SCC(=O)N2CCNC2=O)nc2ccccc12. The molecule has 7 nitrogen and oxygen atoms in total. The molecular formula is C15H17N5O2S. The summed E-state index contributed by atoms with van der Waals surface area (Å²) < 4.78 is 0. The Morgan fingerprint density at radius 1 is 1.39 bits per heavy atom. The van der Waals surface area contributed by atoms with Gasteiger partial charge in [-0.3, -0.25) is 9.69 Å². The van der Waals surface area contributed by atoms with E-state index in [0.29, 0.717) is 18.2 Å². The molecule has 0 atom stereocenters. The Bertz CT molecular complexity index is 752. The highest BCUT2D eigenvalue weighted by Gasteiger charge is 2.26. The maximum atomic E-state index is 12.1. The highest BCUT2D eigenvalue weighted by Crippen LogP contribution is 2.24. The molecule has 0 aliphatic carbocycles. The Kier molecular flexibility index (Phi) is 4.61. The molecule has 3 rings (SSSR count).